The van der Waals surface area contributed by atoms with Gasteiger partial charge in [0.2, 0.25) is 0 Å². The molecular weight excluding hydrogens is 384 g/mol. The minimum absolute atomic E-state index is 0.132. The molecule has 2 aromatic rings. The fourth-order valence-electron chi connectivity index (χ4n) is 2.12. The molecule has 0 heterocycles. The Balaban J connectivity index is 2.15. The molecule has 0 radical (unpaired) electrons. The molecule has 1 N–H and O–H groups in total. The topological polar surface area (TPSA) is 47.6 Å². The van der Waals surface area contributed by atoms with Crippen molar-refractivity contribution in [3.05, 3.63) is 58.1 Å². The van der Waals surface area contributed by atoms with E-state index in [-0.39, 0.29) is 23.1 Å². The van der Waals surface area contributed by atoms with Crippen molar-refractivity contribution in [3.63, 3.8) is 0 Å². The Morgan fingerprint density at radius 1 is 1.12 bits per heavy atom. The maximum Gasteiger partial charge on any atom is 0.387 e. The number of ether oxygens (including phenoxy) is 2. The number of nitrogens with one attached hydrogen (secondary N) is 1. The second-order valence-electron chi connectivity index (χ2n) is 4.99. The first-order chi connectivity index (χ1) is 11.4. The van der Waals surface area contributed by atoms with Gasteiger partial charge in [-0.1, -0.05) is 28.1 Å². The molecule has 128 valence electrons. The molecular formula is C17H16BrF2NO3. The lowest BCUT2D eigenvalue weighted by Crippen LogP contribution is -2.26. The maximum atomic E-state index is 12.5. The van der Waals surface area contributed by atoms with Gasteiger partial charge in [0.25, 0.3) is 5.91 Å². The zero-order valence-corrected chi connectivity index (χ0v) is 14.6. The normalized spacial score (nSPS) is 11.9. The molecule has 0 aliphatic heterocycles. The number of benzene rings is 2. The lowest BCUT2D eigenvalue weighted by molar-refractivity contribution is -0.0512. The smallest absolute Gasteiger partial charge is 0.387 e. The highest BCUT2D eigenvalue weighted by atomic mass is 79.9. The van der Waals surface area contributed by atoms with Crippen molar-refractivity contribution in [1.29, 1.82) is 0 Å². The van der Waals surface area contributed by atoms with Crippen LogP contribution in [0.5, 0.6) is 11.5 Å². The van der Waals surface area contributed by atoms with Gasteiger partial charge < -0.3 is 14.8 Å². The van der Waals surface area contributed by atoms with Crippen molar-refractivity contribution in [2.24, 2.45) is 0 Å². The van der Waals surface area contributed by atoms with Gasteiger partial charge in [0.1, 0.15) is 0 Å². The summed E-state index contributed by atoms with van der Waals surface area (Å²) in [5, 5.41) is 2.81. The van der Waals surface area contributed by atoms with Crippen molar-refractivity contribution >= 4 is 21.8 Å². The first-order valence-corrected chi connectivity index (χ1v) is 7.89. The Morgan fingerprint density at radius 2 is 1.79 bits per heavy atom. The molecule has 0 saturated carbocycles. The molecule has 2 rings (SSSR count). The quantitative estimate of drug-likeness (QED) is 0.774. The largest absolute Gasteiger partial charge is 0.493 e. The van der Waals surface area contributed by atoms with Crippen LogP contribution in [0.2, 0.25) is 0 Å². The third-order valence-electron chi connectivity index (χ3n) is 3.36. The van der Waals surface area contributed by atoms with Crippen molar-refractivity contribution in [1.82, 2.24) is 5.32 Å². The number of hydrogen-bond acceptors (Lipinski definition) is 3. The Hall–Kier alpha value is -2.15. The molecule has 0 aliphatic rings. The van der Waals surface area contributed by atoms with E-state index in [9.17, 15) is 13.6 Å². The summed E-state index contributed by atoms with van der Waals surface area (Å²) in [5.41, 5.74) is 1.12. The van der Waals surface area contributed by atoms with Crippen LogP contribution in [0.4, 0.5) is 8.78 Å². The minimum Gasteiger partial charge on any atom is -0.493 e. The summed E-state index contributed by atoms with van der Waals surface area (Å²) in [6.07, 6.45) is 0. The van der Waals surface area contributed by atoms with Crippen LogP contribution in [0, 0.1) is 0 Å². The molecule has 1 amide bonds. The van der Waals surface area contributed by atoms with Gasteiger partial charge in [-0.25, -0.2) is 0 Å². The molecule has 0 aliphatic carbocycles. The molecule has 4 nitrogen and oxygen atoms in total. The van der Waals surface area contributed by atoms with Gasteiger partial charge in [-0.05, 0) is 42.8 Å². The fraction of sp³-hybridized carbons (Fsp3) is 0.235. The SMILES string of the molecule is COc1ccc(C(=O)NC(C)c2ccc(Br)cc2)cc1OC(F)F. The van der Waals surface area contributed by atoms with Gasteiger partial charge >= 0.3 is 6.61 Å². The lowest BCUT2D eigenvalue weighted by atomic mass is 10.1. The van der Waals surface area contributed by atoms with Crippen molar-refractivity contribution in [3.8, 4) is 11.5 Å². The summed E-state index contributed by atoms with van der Waals surface area (Å²) in [6, 6.07) is 11.4. The molecule has 24 heavy (non-hydrogen) atoms. The van der Waals surface area contributed by atoms with E-state index in [4.69, 9.17) is 4.74 Å². The lowest BCUT2D eigenvalue weighted by Gasteiger charge is -2.16. The first kappa shape index (κ1) is 18.2. The number of carbonyl (C=O) groups excluding carboxylic acids is 1. The van der Waals surface area contributed by atoms with Gasteiger partial charge in [0, 0.05) is 10.0 Å². The number of carbonyl (C=O) groups is 1. The van der Waals surface area contributed by atoms with Crippen molar-refractivity contribution in [2.75, 3.05) is 7.11 Å². The molecule has 0 spiro atoms. The standard InChI is InChI=1S/C17H16BrF2NO3/c1-10(11-3-6-13(18)7-4-11)21-16(22)12-5-8-14(23-2)15(9-12)24-17(19)20/h3-10,17H,1-2H3,(H,21,22). The van der Waals surface area contributed by atoms with Gasteiger partial charge in [0.05, 0.1) is 13.2 Å². The Bertz CT molecular complexity index is 707. The molecule has 2 aromatic carbocycles. The van der Waals surface area contributed by atoms with Gasteiger partial charge in [-0.2, -0.15) is 8.78 Å². The third-order valence-corrected chi connectivity index (χ3v) is 3.89. The van der Waals surface area contributed by atoms with Crippen molar-refractivity contribution in [2.45, 2.75) is 19.6 Å². The summed E-state index contributed by atoms with van der Waals surface area (Å²) in [5.74, 6) is -0.448. The average molecular weight is 400 g/mol. The zero-order valence-electron chi connectivity index (χ0n) is 13.1. The van der Waals surface area contributed by atoms with E-state index < -0.39 is 12.5 Å². The summed E-state index contributed by atoms with van der Waals surface area (Å²) < 4.78 is 35.2. The number of rotatable bonds is 6. The minimum atomic E-state index is -3.00. The molecule has 0 aromatic heterocycles. The van der Waals surface area contributed by atoms with Crippen LogP contribution in [0.15, 0.2) is 46.9 Å². The number of hydrogen-bond donors (Lipinski definition) is 1. The Morgan fingerprint density at radius 3 is 2.38 bits per heavy atom. The molecule has 0 saturated heterocycles. The van der Waals surface area contributed by atoms with Crippen LogP contribution in [-0.2, 0) is 0 Å². The van der Waals surface area contributed by atoms with Crippen LogP contribution in [0.3, 0.4) is 0 Å². The second-order valence-corrected chi connectivity index (χ2v) is 5.91. The number of amides is 1. The monoisotopic (exact) mass is 399 g/mol. The second kappa shape index (κ2) is 8.10. The maximum absolute atomic E-state index is 12.5. The van der Waals surface area contributed by atoms with Gasteiger partial charge in [-0.15, -0.1) is 0 Å². The van der Waals surface area contributed by atoms with Crippen LogP contribution in [-0.4, -0.2) is 19.6 Å². The number of alkyl halides is 2. The van der Waals surface area contributed by atoms with E-state index in [0.717, 1.165) is 10.0 Å². The summed E-state index contributed by atoms with van der Waals surface area (Å²) in [7, 11) is 1.34. The van der Waals surface area contributed by atoms with E-state index in [1.807, 2.05) is 31.2 Å². The molecule has 7 heteroatoms. The third kappa shape index (κ3) is 4.67. The van der Waals surface area contributed by atoms with E-state index >= 15 is 0 Å². The van der Waals surface area contributed by atoms with E-state index in [0.29, 0.717) is 0 Å². The van der Waals surface area contributed by atoms with Gasteiger partial charge in [-0.3, -0.25) is 4.79 Å². The van der Waals surface area contributed by atoms with E-state index in [1.165, 1.54) is 25.3 Å². The molecule has 0 bridgehead atoms. The van der Waals surface area contributed by atoms with Gasteiger partial charge in [0.15, 0.2) is 11.5 Å². The highest BCUT2D eigenvalue weighted by molar-refractivity contribution is 9.10. The highest BCUT2D eigenvalue weighted by Crippen LogP contribution is 2.29. The predicted octanol–water partition coefficient (Wildman–Crippen LogP) is 4.55. The average Bonchev–Trinajstić information content (AvgIpc) is 2.54. The Kier molecular flexibility index (Phi) is 6.14. The van der Waals surface area contributed by atoms with Crippen LogP contribution in [0.1, 0.15) is 28.9 Å². The van der Waals surface area contributed by atoms with Crippen LogP contribution in [0.25, 0.3) is 0 Å². The summed E-state index contributed by atoms with van der Waals surface area (Å²) in [6.45, 7) is -1.17. The van der Waals surface area contributed by atoms with Crippen molar-refractivity contribution < 1.29 is 23.0 Å². The van der Waals surface area contributed by atoms with Crippen LogP contribution < -0.4 is 14.8 Å². The first-order valence-electron chi connectivity index (χ1n) is 7.10. The van der Waals surface area contributed by atoms with E-state index in [2.05, 4.69) is 26.0 Å². The fourth-order valence-corrected chi connectivity index (χ4v) is 2.39. The molecule has 0 fully saturated rings. The Labute approximate surface area is 146 Å². The highest BCUT2D eigenvalue weighted by Gasteiger charge is 2.16. The summed E-state index contributed by atoms with van der Waals surface area (Å²) >= 11 is 3.35. The summed E-state index contributed by atoms with van der Waals surface area (Å²) in [4.78, 5) is 12.3. The van der Waals surface area contributed by atoms with Crippen LogP contribution >= 0.6 is 15.9 Å². The molecule has 1 atom stereocenters. The molecule has 1 unspecified atom stereocenters. The zero-order chi connectivity index (χ0) is 17.7. The van der Waals surface area contributed by atoms with E-state index in [1.54, 1.807) is 0 Å². The predicted molar refractivity (Wildman–Crippen MR) is 89.6 cm³/mol. The number of methoxy groups -OCH3 is 1. The number of halogens is 3.